The van der Waals surface area contributed by atoms with Gasteiger partial charge in [-0.3, -0.25) is 4.72 Å². The minimum atomic E-state index is -3.70. The molecule has 0 atom stereocenters. The molecule has 21 heavy (non-hydrogen) atoms. The standard InChI is InChI=1S/C15H14N2O3S/c1-12-5-4-6-13(11-12)21(18,19)17-14-7-2-3-8-15(14)20-10-9-16/h2-8,11,17H,10H2,1H3. The molecular weight excluding hydrogens is 288 g/mol. The van der Waals surface area contributed by atoms with E-state index in [0.717, 1.165) is 5.56 Å². The maximum absolute atomic E-state index is 12.3. The van der Waals surface area contributed by atoms with Crippen LogP contribution in [0.5, 0.6) is 5.75 Å². The van der Waals surface area contributed by atoms with Crippen molar-refractivity contribution in [3.8, 4) is 11.8 Å². The largest absolute Gasteiger partial charge is 0.477 e. The van der Waals surface area contributed by atoms with Gasteiger partial charge in [-0.05, 0) is 36.8 Å². The van der Waals surface area contributed by atoms with Gasteiger partial charge in [0.25, 0.3) is 10.0 Å². The summed E-state index contributed by atoms with van der Waals surface area (Å²) in [5.41, 5.74) is 1.15. The number of nitriles is 1. The van der Waals surface area contributed by atoms with Crippen LogP contribution in [0.3, 0.4) is 0 Å². The fraction of sp³-hybridized carbons (Fsp3) is 0.133. The van der Waals surface area contributed by atoms with Crippen LogP contribution in [0.15, 0.2) is 53.4 Å². The Kier molecular flexibility index (Phi) is 4.45. The lowest BCUT2D eigenvalue weighted by atomic mass is 10.2. The molecule has 0 unspecified atom stereocenters. The quantitative estimate of drug-likeness (QED) is 0.921. The molecule has 2 aromatic carbocycles. The maximum atomic E-state index is 12.3. The Bertz CT molecular complexity index is 780. The molecule has 1 N–H and O–H groups in total. The van der Waals surface area contributed by atoms with E-state index in [1.165, 1.54) is 6.07 Å². The summed E-state index contributed by atoms with van der Waals surface area (Å²) in [6, 6.07) is 15.0. The molecule has 0 heterocycles. The Hall–Kier alpha value is -2.52. The smallest absolute Gasteiger partial charge is 0.262 e. The van der Waals surface area contributed by atoms with Gasteiger partial charge in [-0.25, -0.2) is 8.42 Å². The lowest BCUT2D eigenvalue weighted by Gasteiger charge is -2.12. The van der Waals surface area contributed by atoms with Gasteiger partial charge in [0.2, 0.25) is 0 Å². The van der Waals surface area contributed by atoms with Crippen LogP contribution in [0.1, 0.15) is 5.56 Å². The molecule has 0 aliphatic heterocycles. The number of rotatable bonds is 5. The molecule has 108 valence electrons. The fourth-order valence-electron chi connectivity index (χ4n) is 1.77. The van der Waals surface area contributed by atoms with Crippen LogP contribution < -0.4 is 9.46 Å². The number of ether oxygens (including phenoxy) is 1. The summed E-state index contributed by atoms with van der Waals surface area (Å²) in [6.07, 6.45) is 0. The average Bonchev–Trinajstić information content (AvgIpc) is 2.46. The number of para-hydroxylation sites is 2. The third-order valence-corrected chi connectivity index (χ3v) is 4.09. The van der Waals surface area contributed by atoms with E-state index in [2.05, 4.69) is 4.72 Å². The molecule has 0 radical (unpaired) electrons. The molecule has 0 aliphatic rings. The van der Waals surface area contributed by atoms with Crippen LogP contribution in [0, 0.1) is 18.3 Å². The predicted molar refractivity (Wildman–Crippen MR) is 79.5 cm³/mol. The highest BCUT2D eigenvalue weighted by atomic mass is 32.2. The second-order valence-electron chi connectivity index (χ2n) is 4.36. The number of hydrogen-bond donors (Lipinski definition) is 1. The van der Waals surface area contributed by atoms with E-state index in [9.17, 15) is 8.42 Å². The number of aryl methyl sites for hydroxylation is 1. The van der Waals surface area contributed by atoms with E-state index in [-0.39, 0.29) is 11.5 Å². The zero-order valence-electron chi connectivity index (χ0n) is 11.4. The molecule has 0 aliphatic carbocycles. The highest BCUT2D eigenvalue weighted by Gasteiger charge is 2.16. The molecule has 0 spiro atoms. The molecule has 0 aromatic heterocycles. The summed E-state index contributed by atoms with van der Waals surface area (Å²) in [4.78, 5) is 0.178. The summed E-state index contributed by atoms with van der Waals surface area (Å²) in [7, 11) is -3.70. The van der Waals surface area contributed by atoms with Gasteiger partial charge in [0.15, 0.2) is 6.61 Å². The zero-order chi connectivity index (χ0) is 15.3. The first-order valence-electron chi connectivity index (χ1n) is 6.21. The summed E-state index contributed by atoms with van der Waals surface area (Å²) in [6.45, 7) is 1.67. The van der Waals surface area contributed by atoms with Crippen LogP contribution in [0.25, 0.3) is 0 Å². The first-order valence-corrected chi connectivity index (χ1v) is 7.69. The number of benzene rings is 2. The molecule has 0 fully saturated rings. The van der Waals surface area contributed by atoms with E-state index in [1.54, 1.807) is 36.4 Å². The van der Waals surface area contributed by atoms with Gasteiger partial charge >= 0.3 is 0 Å². The number of anilines is 1. The number of sulfonamides is 1. The number of nitrogens with zero attached hydrogens (tertiary/aromatic N) is 1. The third kappa shape index (κ3) is 3.74. The zero-order valence-corrected chi connectivity index (χ0v) is 12.2. The van der Waals surface area contributed by atoms with Crippen molar-refractivity contribution >= 4 is 15.7 Å². The molecule has 0 saturated heterocycles. The lowest BCUT2D eigenvalue weighted by molar-refractivity contribution is 0.370. The van der Waals surface area contributed by atoms with Crippen molar-refractivity contribution in [2.75, 3.05) is 11.3 Å². The molecule has 2 rings (SSSR count). The minimum Gasteiger partial charge on any atom is -0.477 e. The van der Waals surface area contributed by atoms with Crippen molar-refractivity contribution in [3.05, 3.63) is 54.1 Å². The highest BCUT2D eigenvalue weighted by Crippen LogP contribution is 2.26. The molecule has 0 amide bonds. The van der Waals surface area contributed by atoms with Crippen molar-refractivity contribution in [3.63, 3.8) is 0 Å². The third-order valence-electron chi connectivity index (χ3n) is 2.72. The van der Waals surface area contributed by atoms with Crippen LogP contribution in [-0.4, -0.2) is 15.0 Å². The van der Waals surface area contributed by atoms with Crippen molar-refractivity contribution in [1.82, 2.24) is 0 Å². The van der Waals surface area contributed by atoms with Gasteiger partial charge in [-0.15, -0.1) is 0 Å². The Morgan fingerprint density at radius 1 is 1.19 bits per heavy atom. The first-order chi connectivity index (χ1) is 10.0. The SMILES string of the molecule is Cc1cccc(S(=O)(=O)Nc2ccccc2OCC#N)c1. The Morgan fingerprint density at radius 3 is 2.67 bits per heavy atom. The van der Waals surface area contributed by atoms with Gasteiger partial charge in [-0.1, -0.05) is 24.3 Å². The van der Waals surface area contributed by atoms with Crippen LogP contribution in [0.4, 0.5) is 5.69 Å². The monoisotopic (exact) mass is 302 g/mol. The van der Waals surface area contributed by atoms with Crippen LogP contribution >= 0.6 is 0 Å². The predicted octanol–water partition coefficient (Wildman–Crippen LogP) is 2.70. The molecule has 5 nitrogen and oxygen atoms in total. The van der Waals surface area contributed by atoms with Crippen molar-refractivity contribution < 1.29 is 13.2 Å². The topological polar surface area (TPSA) is 79.2 Å². The average molecular weight is 302 g/mol. The second kappa shape index (κ2) is 6.29. The van der Waals surface area contributed by atoms with Gasteiger partial charge in [0.05, 0.1) is 10.6 Å². The van der Waals surface area contributed by atoms with E-state index in [0.29, 0.717) is 11.4 Å². The van der Waals surface area contributed by atoms with Crippen molar-refractivity contribution in [2.24, 2.45) is 0 Å². The second-order valence-corrected chi connectivity index (χ2v) is 6.05. The fourth-order valence-corrected chi connectivity index (χ4v) is 2.95. The van der Waals surface area contributed by atoms with E-state index in [1.807, 2.05) is 19.1 Å². The summed E-state index contributed by atoms with van der Waals surface area (Å²) in [5.74, 6) is 0.315. The minimum absolute atomic E-state index is 0.150. The molecule has 0 bridgehead atoms. The molecule has 0 saturated carbocycles. The van der Waals surface area contributed by atoms with E-state index < -0.39 is 10.0 Å². The van der Waals surface area contributed by atoms with Gasteiger partial charge in [0.1, 0.15) is 11.8 Å². The molecule has 2 aromatic rings. The lowest BCUT2D eigenvalue weighted by Crippen LogP contribution is -2.14. The van der Waals surface area contributed by atoms with Gasteiger partial charge < -0.3 is 4.74 Å². The summed E-state index contributed by atoms with van der Waals surface area (Å²) >= 11 is 0. The summed E-state index contributed by atoms with van der Waals surface area (Å²) in [5, 5.41) is 8.55. The van der Waals surface area contributed by atoms with Crippen LogP contribution in [0.2, 0.25) is 0 Å². The number of nitrogens with one attached hydrogen (secondary N) is 1. The Balaban J connectivity index is 2.31. The maximum Gasteiger partial charge on any atom is 0.262 e. The molecular formula is C15H14N2O3S. The van der Waals surface area contributed by atoms with Gasteiger partial charge in [-0.2, -0.15) is 5.26 Å². The van der Waals surface area contributed by atoms with E-state index in [4.69, 9.17) is 10.00 Å². The van der Waals surface area contributed by atoms with Crippen molar-refractivity contribution in [1.29, 1.82) is 5.26 Å². The summed E-state index contributed by atoms with van der Waals surface area (Å²) < 4.78 is 32.4. The Morgan fingerprint density at radius 2 is 1.95 bits per heavy atom. The number of hydrogen-bond acceptors (Lipinski definition) is 4. The first kappa shape index (κ1) is 14.9. The normalized spacial score (nSPS) is 10.7. The van der Waals surface area contributed by atoms with Gasteiger partial charge in [0, 0.05) is 0 Å². The highest BCUT2D eigenvalue weighted by molar-refractivity contribution is 7.92. The molecule has 6 heteroatoms. The Labute approximate surface area is 123 Å². The van der Waals surface area contributed by atoms with Crippen molar-refractivity contribution in [2.45, 2.75) is 11.8 Å². The van der Waals surface area contributed by atoms with Crippen LogP contribution in [-0.2, 0) is 10.0 Å². The van der Waals surface area contributed by atoms with E-state index >= 15 is 0 Å².